The number of rotatable bonds is 6. The Balaban J connectivity index is 1.04. The van der Waals surface area contributed by atoms with Crippen LogP contribution in [0.15, 0.2) is 200 Å². The topological polar surface area (TPSA) is 40.6 Å². The molecule has 4 heterocycles. The van der Waals surface area contributed by atoms with E-state index in [9.17, 15) is 0 Å². The summed E-state index contributed by atoms with van der Waals surface area (Å²) in [5.41, 5.74) is 20.2. The second kappa shape index (κ2) is 15.0. The van der Waals surface area contributed by atoms with Gasteiger partial charge >= 0.3 is 0 Å². The van der Waals surface area contributed by atoms with Crippen molar-refractivity contribution in [2.75, 3.05) is 0 Å². The SMILES string of the molecule is Cc1ccc(-c2cc(-c3cc(C)c(-n4c5ccc(-n6c7ccccc7c7ccccc76)cc5c5cc(-n6c7ccccc7c7ccccc76)ccc54)cc3C)nc(-c3ccc(C)cc3)n2)cc1. The van der Waals surface area contributed by atoms with Crippen molar-refractivity contribution in [3.63, 3.8) is 0 Å². The molecule has 13 aromatic rings. The second-order valence-corrected chi connectivity index (χ2v) is 18.1. The number of aryl methyl sites for hydroxylation is 4. The van der Waals surface area contributed by atoms with E-state index in [0.717, 1.165) is 73.1 Å². The molecule has 0 aliphatic rings. The van der Waals surface area contributed by atoms with Crippen molar-refractivity contribution >= 4 is 65.4 Å². The van der Waals surface area contributed by atoms with Gasteiger partial charge < -0.3 is 13.7 Å². The molecule has 0 saturated heterocycles. The fraction of sp³-hybridized carbons (Fsp3) is 0.0645. The van der Waals surface area contributed by atoms with Gasteiger partial charge in [0.05, 0.1) is 44.5 Å². The summed E-state index contributed by atoms with van der Waals surface area (Å²) in [5, 5.41) is 7.39. The Morgan fingerprint density at radius 1 is 0.313 bits per heavy atom. The maximum absolute atomic E-state index is 5.27. The first-order valence-electron chi connectivity index (χ1n) is 23.1. The standard InChI is InChI=1S/C62H45N5/c1-38-21-25-42(26-22-38)53-37-54(64-62(63-53)43-27-23-39(2)24-28-43)50-33-41(4)61(34-40(50)3)67-59-31-29-44(65-55-17-9-5-13-46(55)47-14-6-10-18-56(47)65)35-51(59)52-36-45(30-32-60(52)67)66-57-19-11-7-15-48(57)49-16-8-12-20-58(49)66/h5-37H,1-4H3. The van der Waals surface area contributed by atoms with Gasteiger partial charge in [0.15, 0.2) is 5.82 Å². The quantitative estimate of drug-likeness (QED) is 0.167. The third-order valence-corrected chi connectivity index (χ3v) is 13.9. The van der Waals surface area contributed by atoms with Crippen molar-refractivity contribution in [2.24, 2.45) is 0 Å². The van der Waals surface area contributed by atoms with Gasteiger partial charge in [0.25, 0.3) is 0 Å². The molecule has 5 heteroatoms. The van der Waals surface area contributed by atoms with Gasteiger partial charge in [0, 0.05) is 66.1 Å². The van der Waals surface area contributed by atoms with Crippen molar-refractivity contribution in [3.8, 4) is 51.0 Å². The van der Waals surface area contributed by atoms with Crippen molar-refractivity contribution < 1.29 is 0 Å². The molecule has 4 aromatic heterocycles. The molecule has 13 rings (SSSR count). The molecule has 318 valence electrons. The van der Waals surface area contributed by atoms with Gasteiger partial charge in [-0.25, -0.2) is 9.97 Å². The molecule has 0 unspecified atom stereocenters. The van der Waals surface area contributed by atoms with E-state index in [-0.39, 0.29) is 0 Å². The molecular weight excluding hydrogens is 815 g/mol. The minimum absolute atomic E-state index is 0.717. The molecule has 67 heavy (non-hydrogen) atoms. The third-order valence-electron chi connectivity index (χ3n) is 13.9. The first-order chi connectivity index (χ1) is 32.9. The third kappa shape index (κ3) is 6.15. The lowest BCUT2D eigenvalue weighted by atomic mass is 9.98. The summed E-state index contributed by atoms with van der Waals surface area (Å²) in [4.78, 5) is 10.4. The highest BCUT2D eigenvalue weighted by molar-refractivity contribution is 6.14. The smallest absolute Gasteiger partial charge is 0.160 e. The first kappa shape index (κ1) is 38.9. The fourth-order valence-corrected chi connectivity index (χ4v) is 10.5. The normalized spacial score (nSPS) is 11.9. The van der Waals surface area contributed by atoms with E-state index in [2.05, 4.69) is 242 Å². The van der Waals surface area contributed by atoms with E-state index >= 15 is 0 Å². The number of benzene rings is 9. The molecule has 0 bridgehead atoms. The lowest BCUT2D eigenvalue weighted by Crippen LogP contribution is -2.01. The highest BCUT2D eigenvalue weighted by atomic mass is 15.0. The lowest BCUT2D eigenvalue weighted by Gasteiger charge is -2.17. The van der Waals surface area contributed by atoms with Crippen LogP contribution in [0.1, 0.15) is 22.3 Å². The molecule has 0 amide bonds. The van der Waals surface area contributed by atoms with E-state index in [1.807, 2.05) is 0 Å². The lowest BCUT2D eigenvalue weighted by molar-refractivity contribution is 1.13. The molecule has 5 nitrogen and oxygen atoms in total. The van der Waals surface area contributed by atoms with Crippen LogP contribution < -0.4 is 0 Å². The Labute approximate surface area is 388 Å². The maximum Gasteiger partial charge on any atom is 0.160 e. The zero-order valence-electron chi connectivity index (χ0n) is 37.8. The van der Waals surface area contributed by atoms with Gasteiger partial charge in [-0.3, -0.25) is 0 Å². The summed E-state index contributed by atoms with van der Waals surface area (Å²) >= 11 is 0. The van der Waals surface area contributed by atoms with E-state index < -0.39 is 0 Å². The Morgan fingerprint density at radius 2 is 0.731 bits per heavy atom. The fourth-order valence-electron chi connectivity index (χ4n) is 10.5. The molecule has 0 atom stereocenters. The molecule has 0 saturated carbocycles. The summed E-state index contributed by atoms with van der Waals surface area (Å²) in [6.45, 7) is 8.68. The predicted molar refractivity (Wildman–Crippen MR) is 280 cm³/mol. The van der Waals surface area contributed by atoms with Crippen LogP contribution in [0.2, 0.25) is 0 Å². The van der Waals surface area contributed by atoms with Crippen molar-refractivity contribution in [1.29, 1.82) is 0 Å². The molecule has 0 aliphatic carbocycles. The maximum atomic E-state index is 5.27. The largest absolute Gasteiger partial charge is 0.309 e. The van der Waals surface area contributed by atoms with Crippen molar-refractivity contribution in [3.05, 3.63) is 222 Å². The minimum atomic E-state index is 0.717. The number of nitrogens with zero attached hydrogens (tertiary/aromatic N) is 5. The number of aromatic nitrogens is 5. The van der Waals surface area contributed by atoms with Gasteiger partial charge in [-0.15, -0.1) is 0 Å². The Bertz CT molecular complexity index is 3780. The monoisotopic (exact) mass is 859 g/mol. The van der Waals surface area contributed by atoms with Crippen LogP contribution in [0.25, 0.3) is 116 Å². The van der Waals surface area contributed by atoms with Crippen LogP contribution in [0.4, 0.5) is 0 Å². The second-order valence-electron chi connectivity index (χ2n) is 18.1. The summed E-state index contributed by atoms with van der Waals surface area (Å²) in [7, 11) is 0. The zero-order chi connectivity index (χ0) is 44.9. The zero-order valence-corrected chi connectivity index (χ0v) is 37.8. The Kier molecular flexibility index (Phi) is 8.71. The number of fused-ring (bicyclic) bond motifs is 9. The predicted octanol–water partition coefficient (Wildman–Crippen LogP) is 16.0. The molecule has 0 N–H and O–H groups in total. The number of para-hydroxylation sites is 4. The van der Waals surface area contributed by atoms with Gasteiger partial charge in [-0.1, -0.05) is 132 Å². The highest BCUT2D eigenvalue weighted by Crippen LogP contribution is 2.41. The Hall–Kier alpha value is -8.54. The van der Waals surface area contributed by atoms with E-state index in [0.29, 0.717) is 0 Å². The van der Waals surface area contributed by atoms with Gasteiger partial charge in [0.2, 0.25) is 0 Å². The summed E-state index contributed by atoms with van der Waals surface area (Å²) in [5.74, 6) is 0.717. The molecule has 0 spiro atoms. The van der Waals surface area contributed by atoms with Crippen molar-refractivity contribution in [1.82, 2.24) is 23.7 Å². The Morgan fingerprint density at radius 3 is 1.21 bits per heavy atom. The van der Waals surface area contributed by atoms with Crippen LogP contribution in [0, 0.1) is 27.7 Å². The number of hydrogen-bond donors (Lipinski definition) is 0. The summed E-state index contributed by atoms with van der Waals surface area (Å²) in [6, 6.07) is 73.0. The average molecular weight is 860 g/mol. The van der Waals surface area contributed by atoms with Crippen LogP contribution >= 0.6 is 0 Å². The first-order valence-corrected chi connectivity index (χ1v) is 23.1. The molecule has 0 radical (unpaired) electrons. The van der Waals surface area contributed by atoms with Crippen LogP contribution in [-0.2, 0) is 0 Å². The van der Waals surface area contributed by atoms with E-state index in [4.69, 9.17) is 9.97 Å². The van der Waals surface area contributed by atoms with E-state index in [1.165, 1.54) is 65.5 Å². The van der Waals surface area contributed by atoms with Crippen LogP contribution in [0.3, 0.4) is 0 Å². The van der Waals surface area contributed by atoms with Crippen LogP contribution in [-0.4, -0.2) is 23.7 Å². The number of hydrogen-bond acceptors (Lipinski definition) is 2. The van der Waals surface area contributed by atoms with Gasteiger partial charge in [-0.2, -0.15) is 0 Å². The van der Waals surface area contributed by atoms with Gasteiger partial charge in [-0.05, 0) is 118 Å². The molecule has 0 aliphatic heterocycles. The van der Waals surface area contributed by atoms with Gasteiger partial charge in [0.1, 0.15) is 0 Å². The highest BCUT2D eigenvalue weighted by Gasteiger charge is 2.21. The summed E-state index contributed by atoms with van der Waals surface area (Å²) < 4.78 is 7.31. The summed E-state index contributed by atoms with van der Waals surface area (Å²) in [6.07, 6.45) is 0. The average Bonchev–Trinajstić information content (AvgIpc) is 4.00. The molecular formula is C62H45N5. The van der Waals surface area contributed by atoms with E-state index in [1.54, 1.807) is 0 Å². The van der Waals surface area contributed by atoms with Crippen LogP contribution in [0.5, 0.6) is 0 Å². The molecule has 0 fully saturated rings. The minimum Gasteiger partial charge on any atom is -0.309 e. The molecule has 9 aromatic carbocycles. The van der Waals surface area contributed by atoms with Crippen molar-refractivity contribution in [2.45, 2.75) is 27.7 Å².